The zero-order chi connectivity index (χ0) is 28.0. The monoisotopic (exact) mass is 555 g/mol. The Balaban J connectivity index is 2.05. The summed E-state index contributed by atoms with van der Waals surface area (Å²) < 4.78 is 28.8. The van der Waals surface area contributed by atoms with Gasteiger partial charge in [0, 0.05) is 17.6 Å². The fourth-order valence-corrected chi connectivity index (χ4v) is 5.69. The topological polar surface area (TPSA) is 86.8 Å². The molecule has 0 bridgehead atoms. The van der Waals surface area contributed by atoms with Crippen LogP contribution in [-0.4, -0.2) is 43.8 Å². The minimum absolute atomic E-state index is 0.00814. The van der Waals surface area contributed by atoms with Gasteiger partial charge >= 0.3 is 0 Å². The minimum atomic E-state index is -4.14. The SMILES string of the molecule is Cc1cccc(CN(C(=O)CN(c2ccccc2C)S(=O)(=O)c2ccc(Cl)cc2)[C@H](C)C(=O)NC(C)C)c1. The molecule has 0 aromatic heterocycles. The second-order valence-electron chi connectivity index (χ2n) is 9.60. The zero-order valence-electron chi connectivity index (χ0n) is 22.3. The number of sulfonamides is 1. The van der Waals surface area contributed by atoms with E-state index in [1.807, 2.05) is 45.0 Å². The highest BCUT2D eigenvalue weighted by Crippen LogP contribution is 2.28. The third kappa shape index (κ3) is 7.14. The van der Waals surface area contributed by atoms with Gasteiger partial charge in [-0.2, -0.15) is 0 Å². The summed E-state index contributed by atoms with van der Waals surface area (Å²) in [6.45, 7) is 8.73. The Hall–Kier alpha value is -3.36. The van der Waals surface area contributed by atoms with E-state index in [9.17, 15) is 18.0 Å². The summed E-state index contributed by atoms with van der Waals surface area (Å²) in [5, 5.41) is 3.25. The summed E-state index contributed by atoms with van der Waals surface area (Å²) in [5.74, 6) is -0.817. The third-order valence-electron chi connectivity index (χ3n) is 6.10. The second kappa shape index (κ2) is 12.5. The number of hydrogen-bond donors (Lipinski definition) is 1. The van der Waals surface area contributed by atoms with Gasteiger partial charge in [0.1, 0.15) is 12.6 Å². The average Bonchev–Trinajstić information content (AvgIpc) is 2.85. The average molecular weight is 556 g/mol. The summed E-state index contributed by atoms with van der Waals surface area (Å²) in [5.41, 5.74) is 2.92. The number of para-hydroxylation sites is 1. The van der Waals surface area contributed by atoms with E-state index in [1.54, 1.807) is 38.1 Å². The molecule has 0 unspecified atom stereocenters. The number of amides is 2. The van der Waals surface area contributed by atoms with Gasteiger partial charge in [-0.05, 0) is 76.1 Å². The van der Waals surface area contributed by atoms with E-state index in [4.69, 9.17) is 11.6 Å². The molecule has 0 heterocycles. The van der Waals surface area contributed by atoms with Crippen LogP contribution < -0.4 is 9.62 Å². The van der Waals surface area contributed by atoms with E-state index >= 15 is 0 Å². The lowest BCUT2D eigenvalue weighted by Crippen LogP contribution is -2.52. The molecule has 7 nitrogen and oxygen atoms in total. The van der Waals surface area contributed by atoms with Crippen LogP contribution in [0.3, 0.4) is 0 Å². The van der Waals surface area contributed by atoms with E-state index in [1.165, 1.54) is 29.2 Å². The van der Waals surface area contributed by atoms with E-state index < -0.39 is 28.5 Å². The molecular formula is C29H34ClN3O4S. The number of rotatable bonds is 10. The molecule has 9 heteroatoms. The number of anilines is 1. The first-order valence-electron chi connectivity index (χ1n) is 12.4. The van der Waals surface area contributed by atoms with E-state index in [0.717, 1.165) is 15.4 Å². The van der Waals surface area contributed by atoms with Gasteiger partial charge in [0.15, 0.2) is 0 Å². The van der Waals surface area contributed by atoms with Crippen molar-refractivity contribution in [1.82, 2.24) is 10.2 Å². The standard InChI is InChI=1S/C29H34ClN3O4S/c1-20(2)31-29(35)23(5)32(18-24-11-8-9-21(3)17-24)28(34)19-33(27-12-7-6-10-22(27)4)38(36,37)26-15-13-25(30)14-16-26/h6-17,20,23H,18-19H2,1-5H3,(H,31,35)/t23-/m1/s1. The summed E-state index contributed by atoms with van der Waals surface area (Å²) in [6.07, 6.45) is 0. The van der Waals surface area contributed by atoms with Gasteiger partial charge in [0.05, 0.1) is 10.6 Å². The van der Waals surface area contributed by atoms with Gasteiger partial charge in [-0.15, -0.1) is 0 Å². The van der Waals surface area contributed by atoms with Crippen molar-refractivity contribution in [2.24, 2.45) is 0 Å². The number of nitrogens with zero attached hydrogens (tertiary/aromatic N) is 2. The largest absolute Gasteiger partial charge is 0.352 e. The first-order chi connectivity index (χ1) is 17.9. The van der Waals surface area contributed by atoms with Crippen LogP contribution in [0, 0.1) is 13.8 Å². The number of halogens is 1. The van der Waals surface area contributed by atoms with Crippen LogP contribution in [0.5, 0.6) is 0 Å². The van der Waals surface area contributed by atoms with Crippen molar-refractivity contribution in [2.75, 3.05) is 10.8 Å². The molecule has 0 radical (unpaired) electrons. The van der Waals surface area contributed by atoms with Crippen LogP contribution in [0.1, 0.15) is 37.5 Å². The minimum Gasteiger partial charge on any atom is -0.352 e. The smallest absolute Gasteiger partial charge is 0.264 e. The summed E-state index contributed by atoms with van der Waals surface area (Å²) >= 11 is 5.99. The highest BCUT2D eigenvalue weighted by atomic mass is 35.5. The Morgan fingerprint density at radius 1 is 0.921 bits per heavy atom. The van der Waals surface area contributed by atoms with Crippen LogP contribution in [-0.2, 0) is 26.2 Å². The lowest BCUT2D eigenvalue weighted by Gasteiger charge is -2.32. The van der Waals surface area contributed by atoms with Gasteiger partial charge in [-0.3, -0.25) is 13.9 Å². The number of aryl methyl sites for hydroxylation is 2. The first-order valence-corrected chi connectivity index (χ1v) is 14.2. The Labute approximate surface area is 230 Å². The van der Waals surface area contributed by atoms with Crippen LogP contribution in [0.15, 0.2) is 77.7 Å². The van der Waals surface area contributed by atoms with E-state index in [-0.39, 0.29) is 23.4 Å². The van der Waals surface area contributed by atoms with Gasteiger partial charge in [0.25, 0.3) is 10.0 Å². The number of carbonyl (C=O) groups excluding carboxylic acids is 2. The number of nitrogens with one attached hydrogen (secondary N) is 1. The normalized spacial score (nSPS) is 12.2. The van der Waals surface area contributed by atoms with Gasteiger partial charge in [-0.25, -0.2) is 8.42 Å². The molecule has 0 aliphatic carbocycles. The van der Waals surface area contributed by atoms with Crippen molar-refractivity contribution in [2.45, 2.75) is 58.1 Å². The molecule has 1 N–H and O–H groups in total. The fourth-order valence-electron chi connectivity index (χ4n) is 4.09. The predicted molar refractivity (Wildman–Crippen MR) is 152 cm³/mol. The fraction of sp³-hybridized carbons (Fsp3) is 0.310. The van der Waals surface area contributed by atoms with Crippen molar-refractivity contribution in [3.05, 3.63) is 94.5 Å². The molecular weight excluding hydrogens is 522 g/mol. The van der Waals surface area contributed by atoms with Gasteiger partial charge < -0.3 is 10.2 Å². The molecule has 0 aliphatic heterocycles. The summed E-state index contributed by atoms with van der Waals surface area (Å²) in [6, 6.07) is 19.5. The lowest BCUT2D eigenvalue weighted by atomic mass is 10.1. The van der Waals surface area contributed by atoms with Crippen LogP contribution in [0.25, 0.3) is 0 Å². The van der Waals surface area contributed by atoms with Crippen molar-refractivity contribution in [3.8, 4) is 0 Å². The number of hydrogen-bond acceptors (Lipinski definition) is 4. The van der Waals surface area contributed by atoms with Gasteiger partial charge in [0.2, 0.25) is 11.8 Å². The maximum Gasteiger partial charge on any atom is 0.264 e. The molecule has 0 spiro atoms. The lowest BCUT2D eigenvalue weighted by molar-refractivity contribution is -0.139. The maximum absolute atomic E-state index is 13.9. The van der Waals surface area contributed by atoms with E-state index in [0.29, 0.717) is 16.3 Å². The molecule has 3 aromatic rings. The first kappa shape index (κ1) is 29.2. The van der Waals surface area contributed by atoms with Crippen LogP contribution >= 0.6 is 11.6 Å². The van der Waals surface area contributed by atoms with Crippen molar-refractivity contribution >= 4 is 39.1 Å². The maximum atomic E-state index is 13.9. The molecule has 38 heavy (non-hydrogen) atoms. The molecule has 202 valence electrons. The zero-order valence-corrected chi connectivity index (χ0v) is 23.9. The predicted octanol–water partition coefficient (Wildman–Crippen LogP) is 5.09. The van der Waals surface area contributed by atoms with Crippen molar-refractivity contribution < 1.29 is 18.0 Å². The Morgan fingerprint density at radius 2 is 1.58 bits per heavy atom. The molecule has 0 fully saturated rings. The summed E-state index contributed by atoms with van der Waals surface area (Å²) in [4.78, 5) is 28.3. The Bertz CT molecular complexity index is 1390. The molecule has 3 rings (SSSR count). The third-order valence-corrected chi connectivity index (χ3v) is 8.12. The van der Waals surface area contributed by atoms with Crippen molar-refractivity contribution in [1.29, 1.82) is 0 Å². The van der Waals surface area contributed by atoms with Crippen molar-refractivity contribution in [3.63, 3.8) is 0 Å². The molecule has 2 amide bonds. The number of benzene rings is 3. The highest BCUT2D eigenvalue weighted by Gasteiger charge is 2.33. The molecule has 0 saturated heterocycles. The van der Waals surface area contributed by atoms with Crippen LogP contribution in [0.4, 0.5) is 5.69 Å². The number of carbonyl (C=O) groups is 2. The highest BCUT2D eigenvalue weighted by molar-refractivity contribution is 7.92. The van der Waals surface area contributed by atoms with Gasteiger partial charge in [-0.1, -0.05) is 59.6 Å². The molecule has 3 aromatic carbocycles. The van der Waals surface area contributed by atoms with Crippen LogP contribution in [0.2, 0.25) is 5.02 Å². The Morgan fingerprint density at radius 3 is 2.18 bits per heavy atom. The van der Waals surface area contributed by atoms with E-state index in [2.05, 4.69) is 5.32 Å². The molecule has 0 aliphatic rings. The molecule has 1 atom stereocenters. The summed E-state index contributed by atoms with van der Waals surface area (Å²) in [7, 11) is -4.14. The quantitative estimate of drug-likeness (QED) is 0.377. The second-order valence-corrected chi connectivity index (χ2v) is 11.9. The Kier molecular flexibility index (Phi) is 9.57. The molecule has 0 saturated carbocycles.